The average molecular weight is 422 g/mol. The summed E-state index contributed by atoms with van der Waals surface area (Å²) in [5, 5.41) is 23.2. The van der Waals surface area contributed by atoms with Crippen LogP contribution in [0, 0.1) is 10.1 Å². The van der Waals surface area contributed by atoms with Crippen molar-refractivity contribution in [3.8, 4) is 0 Å². The van der Waals surface area contributed by atoms with Crippen molar-refractivity contribution in [2.24, 2.45) is 4.99 Å². The Kier molecular flexibility index (Phi) is 7.17. The Hall–Kier alpha value is -2.58. The number of halogens is 1. The lowest BCUT2D eigenvalue weighted by molar-refractivity contribution is -0.863. The first-order chi connectivity index (χ1) is 11.7. The smallest absolute Gasteiger partial charge is 0.270 e. The Morgan fingerprint density at radius 1 is 1.12 bits per heavy atom. The molecule has 2 aromatic rings. The van der Waals surface area contributed by atoms with Crippen LogP contribution in [0.5, 0.6) is 0 Å². The minimum Gasteiger partial charge on any atom is -0.858 e. The molecule has 0 saturated heterocycles. The van der Waals surface area contributed by atoms with Crippen molar-refractivity contribution in [3.05, 3.63) is 69.8 Å². The Bertz CT molecular complexity index is 830. The van der Waals surface area contributed by atoms with E-state index in [1.54, 1.807) is 30.3 Å². The van der Waals surface area contributed by atoms with Crippen LogP contribution in [0.2, 0.25) is 0 Å². The minimum absolute atomic E-state index is 0. The lowest BCUT2D eigenvalue weighted by Gasteiger charge is -2.26. The van der Waals surface area contributed by atoms with E-state index in [1.807, 2.05) is 21.1 Å². The molecule has 7 nitrogen and oxygen atoms in total. The zero-order chi connectivity index (χ0) is 18.6. The van der Waals surface area contributed by atoms with Crippen molar-refractivity contribution in [1.29, 1.82) is 0 Å². The van der Waals surface area contributed by atoms with Gasteiger partial charge in [0.25, 0.3) is 5.69 Å². The molecule has 2 aromatic carbocycles. The largest absolute Gasteiger partial charge is 0.858 e. The lowest BCUT2D eigenvalue weighted by Crippen LogP contribution is -2.43. The molecule has 0 heterocycles. The number of nitro groups is 1. The summed E-state index contributed by atoms with van der Waals surface area (Å²) >= 11 is 0. The van der Waals surface area contributed by atoms with E-state index in [-0.39, 0.29) is 40.5 Å². The topological polar surface area (TPSA) is 95.6 Å². The van der Waals surface area contributed by atoms with Crippen LogP contribution in [-0.4, -0.2) is 48.8 Å². The number of aliphatic imine (C=N–C) groups is 1. The summed E-state index contributed by atoms with van der Waals surface area (Å²) in [6, 6.07) is 12.1. The van der Waals surface area contributed by atoms with E-state index < -0.39 is 16.6 Å². The molecule has 2 rings (SSSR count). The maximum atomic E-state index is 12.7. The standard InChI is InChI=1S/C18H19N3O4.BrH/c1-21(2,3)12-17(22)19-16-10-9-14(20(24)25)11-15(16)18(23)13-7-5-4-6-8-13;/h4-11H,12H2,1-3H3;1H. The number of hydrogen-bond acceptors (Lipinski definition) is 5. The van der Waals surface area contributed by atoms with Gasteiger partial charge >= 0.3 is 0 Å². The molecule has 8 heteroatoms. The van der Waals surface area contributed by atoms with Crippen molar-refractivity contribution in [3.63, 3.8) is 0 Å². The molecular formula is C18H20BrN3O4. The van der Waals surface area contributed by atoms with Crippen LogP contribution in [0.15, 0.2) is 53.5 Å². The Morgan fingerprint density at radius 2 is 1.73 bits per heavy atom. The molecule has 26 heavy (non-hydrogen) atoms. The molecule has 0 amide bonds. The summed E-state index contributed by atoms with van der Waals surface area (Å²) in [5.41, 5.74) is 0.323. The van der Waals surface area contributed by atoms with Gasteiger partial charge < -0.3 is 9.59 Å². The predicted molar refractivity (Wildman–Crippen MR) is 103 cm³/mol. The van der Waals surface area contributed by atoms with Gasteiger partial charge in [-0.3, -0.25) is 19.9 Å². The highest BCUT2D eigenvalue weighted by molar-refractivity contribution is 8.93. The van der Waals surface area contributed by atoms with Gasteiger partial charge in [-0.2, -0.15) is 0 Å². The second kappa shape index (κ2) is 8.68. The van der Waals surface area contributed by atoms with E-state index in [2.05, 4.69) is 4.99 Å². The molecule has 0 atom stereocenters. The van der Waals surface area contributed by atoms with Crippen LogP contribution in [0.25, 0.3) is 0 Å². The first kappa shape index (κ1) is 21.5. The summed E-state index contributed by atoms with van der Waals surface area (Å²) in [5.74, 6) is -0.815. The van der Waals surface area contributed by atoms with Gasteiger partial charge in [-0.05, 0) is 6.07 Å². The van der Waals surface area contributed by atoms with Crippen LogP contribution in [0.3, 0.4) is 0 Å². The predicted octanol–water partition coefficient (Wildman–Crippen LogP) is 2.50. The molecule has 0 spiro atoms. The molecule has 0 aliphatic heterocycles. The average Bonchev–Trinajstić information content (AvgIpc) is 2.53. The molecule has 0 unspecified atom stereocenters. The van der Waals surface area contributed by atoms with Gasteiger partial charge in [0.1, 0.15) is 6.54 Å². The molecule has 138 valence electrons. The first-order valence-corrected chi connectivity index (χ1v) is 7.60. The number of carbonyl (C=O) groups is 1. The number of ketones is 1. The number of rotatable bonds is 6. The zero-order valence-electron chi connectivity index (χ0n) is 14.7. The Balaban J connectivity index is 0.00000338. The number of benzene rings is 2. The lowest BCUT2D eigenvalue weighted by atomic mass is 10.0. The summed E-state index contributed by atoms with van der Waals surface area (Å²) in [4.78, 5) is 27.1. The molecule has 0 N–H and O–H groups in total. The number of likely N-dealkylation sites (N-methyl/N-ethyl adjacent to an activating group) is 1. The Morgan fingerprint density at radius 3 is 2.27 bits per heavy atom. The third kappa shape index (κ3) is 5.75. The van der Waals surface area contributed by atoms with Gasteiger partial charge in [0.05, 0.1) is 37.3 Å². The maximum Gasteiger partial charge on any atom is 0.270 e. The summed E-state index contributed by atoms with van der Waals surface area (Å²) in [7, 11) is 5.54. The van der Waals surface area contributed by atoms with Gasteiger partial charge in [0.2, 0.25) is 0 Å². The third-order valence-corrected chi connectivity index (χ3v) is 3.33. The number of carbonyl (C=O) groups excluding carboxylic acids is 1. The first-order valence-electron chi connectivity index (χ1n) is 7.60. The van der Waals surface area contributed by atoms with Crippen molar-refractivity contribution in [2.45, 2.75) is 0 Å². The van der Waals surface area contributed by atoms with Crippen molar-refractivity contribution < 1.29 is 19.3 Å². The second-order valence-corrected chi connectivity index (χ2v) is 6.61. The fourth-order valence-electron chi connectivity index (χ4n) is 2.24. The SMILES string of the molecule is Br.C[N+](C)(C)CC([O-])=Nc1ccc([N+](=O)[O-])cc1C(=O)c1ccccc1. The maximum absolute atomic E-state index is 12.7. The fraction of sp³-hybridized carbons (Fsp3) is 0.222. The van der Waals surface area contributed by atoms with Gasteiger partial charge in [0, 0.05) is 23.6 Å². The fourth-order valence-corrected chi connectivity index (χ4v) is 2.24. The second-order valence-electron chi connectivity index (χ2n) is 6.61. The number of non-ortho nitro benzene ring substituents is 1. The molecule has 0 bridgehead atoms. The van der Waals surface area contributed by atoms with E-state index in [4.69, 9.17) is 0 Å². The van der Waals surface area contributed by atoms with Crippen molar-refractivity contribution in [1.82, 2.24) is 0 Å². The number of nitro benzene ring substituents is 1. The van der Waals surface area contributed by atoms with Crippen LogP contribution < -0.4 is 5.11 Å². The molecule has 0 fully saturated rings. The summed E-state index contributed by atoms with van der Waals surface area (Å²) < 4.78 is 0.386. The van der Waals surface area contributed by atoms with Crippen LogP contribution in [0.4, 0.5) is 11.4 Å². The van der Waals surface area contributed by atoms with E-state index in [0.717, 1.165) is 6.07 Å². The third-order valence-electron chi connectivity index (χ3n) is 3.33. The Labute approximate surface area is 162 Å². The van der Waals surface area contributed by atoms with E-state index in [0.29, 0.717) is 10.0 Å². The van der Waals surface area contributed by atoms with Gasteiger partial charge in [0.15, 0.2) is 5.78 Å². The molecular weight excluding hydrogens is 402 g/mol. The highest BCUT2D eigenvalue weighted by Gasteiger charge is 2.18. The van der Waals surface area contributed by atoms with Gasteiger partial charge in [-0.25, -0.2) is 0 Å². The van der Waals surface area contributed by atoms with E-state index >= 15 is 0 Å². The highest BCUT2D eigenvalue weighted by Crippen LogP contribution is 2.27. The number of nitrogens with zero attached hydrogens (tertiary/aromatic N) is 3. The number of quaternary nitrogens is 1. The summed E-state index contributed by atoms with van der Waals surface area (Å²) in [6.45, 7) is 0.149. The van der Waals surface area contributed by atoms with Crippen LogP contribution in [0.1, 0.15) is 15.9 Å². The molecule has 0 aromatic heterocycles. The highest BCUT2D eigenvalue weighted by atomic mass is 79.9. The quantitative estimate of drug-likeness (QED) is 0.179. The van der Waals surface area contributed by atoms with Gasteiger partial charge in [-0.1, -0.05) is 30.3 Å². The molecule has 0 saturated carbocycles. The number of hydrogen-bond donors (Lipinski definition) is 0. The van der Waals surface area contributed by atoms with Gasteiger partial charge in [-0.15, -0.1) is 17.0 Å². The van der Waals surface area contributed by atoms with E-state index in [9.17, 15) is 20.0 Å². The van der Waals surface area contributed by atoms with E-state index in [1.165, 1.54) is 12.1 Å². The van der Waals surface area contributed by atoms with Crippen molar-refractivity contribution >= 4 is 40.0 Å². The molecule has 0 aliphatic rings. The molecule has 0 aliphatic carbocycles. The monoisotopic (exact) mass is 421 g/mol. The zero-order valence-corrected chi connectivity index (χ0v) is 16.4. The van der Waals surface area contributed by atoms with Crippen molar-refractivity contribution in [2.75, 3.05) is 27.7 Å². The molecule has 0 radical (unpaired) electrons. The minimum atomic E-state index is -0.584. The van der Waals surface area contributed by atoms with Crippen LogP contribution >= 0.6 is 17.0 Å². The summed E-state index contributed by atoms with van der Waals surface area (Å²) in [6.07, 6.45) is 0. The normalized spacial score (nSPS) is 11.6. The van der Waals surface area contributed by atoms with Crippen LogP contribution in [-0.2, 0) is 0 Å².